The molecule has 1 rings (SSSR count). The molecule has 0 amide bonds. The third kappa shape index (κ3) is 6.34. The highest BCUT2D eigenvalue weighted by molar-refractivity contribution is 5.96. The molecule has 0 saturated carbocycles. The summed E-state index contributed by atoms with van der Waals surface area (Å²) in [7, 11) is 0. The van der Waals surface area contributed by atoms with Gasteiger partial charge < -0.3 is 4.90 Å². The number of ketones is 1. The molecular weight excluding hydrogens is 272 g/mol. The monoisotopic (exact) mass is 297 g/mol. The van der Waals surface area contributed by atoms with Gasteiger partial charge in [0, 0.05) is 30.6 Å². The number of carbonyl (C=O) groups excluding carboxylic acids is 1. The van der Waals surface area contributed by atoms with Gasteiger partial charge in [-0.25, -0.2) is 8.78 Å². The number of carbonyl (C=O) groups is 1. The number of nitrogens with zero attached hydrogens (tertiary/aromatic N) is 1. The topological polar surface area (TPSA) is 20.3 Å². The molecule has 4 heteroatoms. The van der Waals surface area contributed by atoms with Crippen LogP contribution in [0.2, 0.25) is 0 Å². The number of hydrogen-bond acceptors (Lipinski definition) is 2. The number of benzene rings is 1. The van der Waals surface area contributed by atoms with E-state index in [1.54, 1.807) is 0 Å². The zero-order chi connectivity index (χ0) is 15.8. The van der Waals surface area contributed by atoms with Gasteiger partial charge in [0.2, 0.25) is 0 Å². The Labute approximate surface area is 126 Å². The molecule has 0 atom stereocenters. The fraction of sp³-hybridized carbons (Fsp3) is 0.588. The number of halogens is 2. The highest BCUT2D eigenvalue weighted by atomic mass is 19.1. The van der Waals surface area contributed by atoms with Crippen LogP contribution in [0.25, 0.3) is 0 Å². The van der Waals surface area contributed by atoms with Crippen molar-refractivity contribution in [1.29, 1.82) is 0 Å². The summed E-state index contributed by atoms with van der Waals surface area (Å²) in [5.41, 5.74) is 0.116. The molecule has 0 bridgehead atoms. The first-order valence-electron chi connectivity index (χ1n) is 7.67. The van der Waals surface area contributed by atoms with E-state index in [9.17, 15) is 13.6 Å². The second kappa shape index (κ2) is 8.88. The molecule has 0 spiro atoms. The van der Waals surface area contributed by atoms with E-state index in [-0.39, 0.29) is 17.8 Å². The van der Waals surface area contributed by atoms with Crippen molar-refractivity contribution in [1.82, 2.24) is 4.90 Å². The van der Waals surface area contributed by atoms with Crippen molar-refractivity contribution < 1.29 is 13.6 Å². The molecule has 1 aromatic rings. The zero-order valence-corrected chi connectivity index (χ0v) is 13.2. The zero-order valence-electron chi connectivity index (χ0n) is 13.2. The van der Waals surface area contributed by atoms with Crippen molar-refractivity contribution in [2.75, 3.05) is 13.1 Å². The Hall–Kier alpha value is -1.29. The van der Waals surface area contributed by atoms with Gasteiger partial charge in [-0.15, -0.1) is 0 Å². The first-order valence-corrected chi connectivity index (χ1v) is 7.67. The molecule has 21 heavy (non-hydrogen) atoms. The predicted molar refractivity (Wildman–Crippen MR) is 81.5 cm³/mol. The van der Waals surface area contributed by atoms with Gasteiger partial charge >= 0.3 is 0 Å². The smallest absolute Gasteiger partial charge is 0.164 e. The summed E-state index contributed by atoms with van der Waals surface area (Å²) >= 11 is 0. The Balaban J connectivity index is 2.56. The van der Waals surface area contributed by atoms with Gasteiger partial charge in [0.25, 0.3) is 0 Å². The lowest BCUT2D eigenvalue weighted by molar-refractivity contribution is 0.0954. The molecule has 1 aromatic carbocycles. The van der Waals surface area contributed by atoms with Crippen LogP contribution < -0.4 is 0 Å². The van der Waals surface area contributed by atoms with Gasteiger partial charge in [0.15, 0.2) is 5.78 Å². The van der Waals surface area contributed by atoms with Crippen molar-refractivity contribution in [2.45, 2.75) is 52.5 Å². The lowest BCUT2D eigenvalue weighted by atomic mass is 10.1. The Bertz CT molecular complexity index is 440. The summed E-state index contributed by atoms with van der Waals surface area (Å²) in [6.45, 7) is 7.92. The van der Waals surface area contributed by atoms with Crippen LogP contribution in [0.5, 0.6) is 0 Å². The second-order valence-electron chi connectivity index (χ2n) is 5.67. The van der Waals surface area contributed by atoms with E-state index in [2.05, 4.69) is 25.7 Å². The van der Waals surface area contributed by atoms with Crippen LogP contribution in [0.4, 0.5) is 8.78 Å². The maximum atomic E-state index is 13.1. The minimum absolute atomic E-state index is 0.116. The molecule has 2 nitrogen and oxygen atoms in total. The third-order valence-electron chi connectivity index (χ3n) is 3.59. The van der Waals surface area contributed by atoms with Crippen molar-refractivity contribution in [3.8, 4) is 0 Å². The van der Waals surface area contributed by atoms with E-state index >= 15 is 0 Å². The SMILES string of the molecule is CCCCCN(CCC(=O)c1cc(F)cc(F)c1)C(C)C. The van der Waals surface area contributed by atoms with Crippen molar-refractivity contribution in [3.63, 3.8) is 0 Å². The third-order valence-corrected chi connectivity index (χ3v) is 3.59. The number of Topliss-reactive ketones (excluding diaryl/α,β-unsaturated/α-hetero) is 1. The van der Waals surface area contributed by atoms with Gasteiger partial charge in [-0.05, 0) is 38.9 Å². The van der Waals surface area contributed by atoms with Gasteiger partial charge in [-0.1, -0.05) is 19.8 Å². The molecule has 0 aliphatic carbocycles. The summed E-state index contributed by atoms with van der Waals surface area (Å²) < 4.78 is 26.2. The molecule has 0 fully saturated rings. The Morgan fingerprint density at radius 2 is 1.71 bits per heavy atom. The standard InChI is InChI=1S/C17H25F2NO/c1-4-5-6-8-20(13(2)3)9-7-17(21)14-10-15(18)12-16(19)11-14/h10-13H,4-9H2,1-3H3. The summed E-state index contributed by atoms with van der Waals surface area (Å²) in [5.74, 6) is -1.63. The van der Waals surface area contributed by atoms with Crippen molar-refractivity contribution in [2.24, 2.45) is 0 Å². The van der Waals surface area contributed by atoms with Crippen LogP contribution in [-0.4, -0.2) is 29.8 Å². The van der Waals surface area contributed by atoms with Crippen LogP contribution in [0.1, 0.15) is 56.8 Å². The van der Waals surface area contributed by atoms with E-state index in [0.717, 1.165) is 37.6 Å². The van der Waals surface area contributed by atoms with E-state index in [1.807, 2.05) is 0 Å². The van der Waals surface area contributed by atoms with E-state index in [4.69, 9.17) is 0 Å². The Morgan fingerprint density at radius 3 is 2.24 bits per heavy atom. The molecule has 0 aliphatic rings. The number of unbranched alkanes of at least 4 members (excludes halogenated alkanes) is 2. The summed E-state index contributed by atoms with van der Waals surface area (Å²) in [6.07, 6.45) is 3.73. The molecule has 0 radical (unpaired) electrons. The van der Waals surface area contributed by atoms with Crippen LogP contribution >= 0.6 is 0 Å². The average Bonchev–Trinajstić information content (AvgIpc) is 2.40. The fourth-order valence-electron chi connectivity index (χ4n) is 2.30. The summed E-state index contributed by atoms with van der Waals surface area (Å²) in [4.78, 5) is 14.3. The highest BCUT2D eigenvalue weighted by Gasteiger charge is 2.14. The number of rotatable bonds is 9. The first kappa shape index (κ1) is 17.8. The maximum Gasteiger partial charge on any atom is 0.164 e. The molecule has 0 saturated heterocycles. The molecule has 0 aliphatic heterocycles. The molecule has 0 N–H and O–H groups in total. The lowest BCUT2D eigenvalue weighted by Gasteiger charge is -2.26. The second-order valence-corrected chi connectivity index (χ2v) is 5.67. The lowest BCUT2D eigenvalue weighted by Crippen LogP contribution is -2.33. The van der Waals surface area contributed by atoms with Gasteiger partial charge in [0.05, 0.1) is 0 Å². The van der Waals surface area contributed by atoms with Crippen LogP contribution in [-0.2, 0) is 0 Å². The Morgan fingerprint density at radius 1 is 1.10 bits per heavy atom. The molecular formula is C17H25F2NO. The largest absolute Gasteiger partial charge is 0.300 e. The van der Waals surface area contributed by atoms with Gasteiger partial charge in [-0.3, -0.25) is 4.79 Å². The van der Waals surface area contributed by atoms with E-state index < -0.39 is 11.6 Å². The van der Waals surface area contributed by atoms with Crippen LogP contribution in [0.3, 0.4) is 0 Å². The highest BCUT2D eigenvalue weighted by Crippen LogP contribution is 2.12. The number of hydrogen-bond donors (Lipinski definition) is 0. The van der Waals surface area contributed by atoms with Crippen molar-refractivity contribution >= 4 is 5.78 Å². The van der Waals surface area contributed by atoms with Crippen LogP contribution in [0.15, 0.2) is 18.2 Å². The molecule has 0 heterocycles. The van der Waals surface area contributed by atoms with Gasteiger partial charge in [0.1, 0.15) is 11.6 Å². The summed E-state index contributed by atoms with van der Waals surface area (Å²) in [5, 5.41) is 0. The fourth-order valence-corrected chi connectivity index (χ4v) is 2.30. The quantitative estimate of drug-likeness (QED) is 0.496. The van der Waals surface area contributed by atoms with E-state index in [0.29, 0.717) is 12.6 Å². The minimum atomic E-state index is -0.706. The van der Waals surface area contributed by atoms with E-state index in [1.165, 1.54) is 6.42 Å². The molecule has 118 valence electrons. The summed E-state index contributed by atoms with van der Waals surface area (Å²) in [6, 6.07) is 3.34. The Kier molecular flexibility index (Phi) is 7.51. The normalized spacial score (nSPS) is 11.4. The molecule has 0 aromatic heterocycles. The van der Waals surface area contributed by atoms with Crippen LogP contribution in [0, 0.1) is 11.6 Å². The minimum Gasteiger partial charge on any atom is -0.300 e. The predicted octanol–water partition coefficient (Wildman–Crippen LogP) is 4.44. The maximum absolute atomic E-state index is 13.1. The molecule has 0 unspecified atom stereocenters. The average molecular weight is 297 g/mol. The van der Waals surface area contributed by atoms with Crippen molar-refractivity contribution in [3.05, 3.63) is 35.4 Å². The first-order chi connectivity index (χ1) is 9.93. The van der Waals surface area contributed by atoms with Gasteiger partial charge in [-0.2, -0.15) is 0 Å².